The van der Waals surface area contributed by atoms with Crippen molar-refractivity contribution < 1.29 is 4.79 Å². The van der Waals surface area contributed by atoms with Gasteiger partial charge in [0, 0.05) is 42.5 Å². The van der Waals surface area contributed by atoms with Gasteiger partial charge in [-0.25, -0.2) is 4.68 Å². The van der Waals surface area contributed by atoms with Gasteiger partial charge in [0.05, 0.1) is 17.3 Å². The standard InChI is InChI=1S/C22H23ClN4O.ClH/c1-26(22(28)17-11-12-24-13-17)14-18-15-27(20-5-3-2-4-6-20)25-21(18)16-7-9-19(23)10-8-16;/h2-10,15,17,24H,11-14H2,1H3;1H. The van der Waals surface area contributed by atoms with E-state index in [4.69, 9.17) is 16.7 Å². The smallest absolute Gasteiger partial charge is 0.227 e. The number of benzene rings is 2. The molecule has 1 aliphatic rings. The number of hydrogen-bond acceptors (Lipinski definition) is 3. The summed E-state index contributed by atoms with van der Waals surface area (Å²) < 4.78 is 1.87. The minimum atomic E-state index is 0. The second-order valence-electron chi connectivity index (χ2n) is 7.17. The molecule has 7 heteroatoms. The second-order valence-corrected chi connectivity index (χ2v) is 7.61. The molecular formula is C22H24Cl2N4O. The Kier molecular flexibility index (Phi) is 6.96. The average Bonchev–Trinajstić information content (AvgIpc) is 3.39. The van der Waals surface area contributed by atoms with E-state index in [0.717, 1.165) is 42.0 Å². The lowest BCUT2D eigenvalue weighted by atomic mass is 10.1. The van der Waals surface area contributed by atoms with E-state index in [9.17, 15) is 4.79 Å². The van der Waals surface area contributed by atoms with Crippen LogP contribution in [0.3, 0.4) is 0 Å². The number of carbonyl (C=O) groups is 1. The number of amides is 1. The predicted molar refractivity (Wildman–Crippen MR) is 119 cm³/mol. The topological polar surface area (TPSA) is 50.2 Å². The Morgan fingerprint density at radius 1 is 1.21 bits per heavy atom. The molecule has 5 nitrogen and oxygen atoms in total. The van der Waals surface area contributed by atoms with E-state index in [2.05, 4.69) is 5.32 Å². The van der Waals surface area contributed by atoms with Gasteiger partial charge in [-0.3, -0.25) is 4.79 Å². The van der Waals surface area contributed by atoms with Gasteiger partial charge in [0.15, 0.2) is 0 Å². The van der Waals surface area contributed by atoms with Gasteiger partial charge >= 0.3 is 0 Å². The van der Waals surface area contributed by atoms with Crippen molar-refractivity contribution in [3.8, 4) is 16.9 Å². The fourth-order valence-electron chi connectivity index (χ4n) is 3.60. The highest BCUT2D eigenvalue weighted by Gasteiger charge is 2.26. The van der Waals surface area contributed by atoms with Crippen molar-refractivity contribution in [2.75, 3.05) is 20.1 Å². The summed E-state index contributed by atoms with van der Waals surface area (Å²) in [7, 11) is 1.87. The van der Waals surface area contributed by atoms with Gasteiger partial charge in [-0.05, 0) is 37.2 Å². The summed E-state index contributed by atoms with van der Waals surface area (Å²) in [6.45, 7) is 2.18. The van der Waals surface area contributed by atoms with Crippen molar-refractivity contribution in [1.29, 1.82) is 0 Å². The summed E-state index contributed by atoms with van der Waals surface area (Å²) in [6.07, 6.45) is 2.91. The van der Waals surface area contributed by atoms with Crippen molar-refractivity contribution in [3.63, 3.8) is 0 Å². The van der Waals surface area contributed by atoms with E-state index < -0.39 is 0 Å². The SMILES string of the molecule is CN(Cc1cn(-c2ccccc2)nc1-c1ccc(Cl)cc1)C(=O)C1CCNC1.Cl. The van der Waals surface area contributed by atoms with Crippen molar-refractivity contribution in [1.82, 2.24) is 20.0 Å². The highest BCUT2D eigenvalue weighted by atomic mass is 35.5. The molecule has 1 amide bonds. The number of nitrogens with zero attached hydrogens (tertiary/aromatic N) is 3. The van der Waals surface area contributed by atoms with Gasteiger partial charge in [0.1, 0.15) is 0 Å². The highest BCUT2D eigenvalue weighted by molar-refractivity contribution is 6.30. The molecule has 3 aromatic rings. The molecule has 4 rings (SSSR count). The van der Waals surface area contributed by atoms with Crippen molar-refractivity contribution in [3.05, 3.63) is 71.4 Å². The summed E-state index contributed by atoms with van der Waals surface area (Å²) in [5, 5.41) is 8.77. The molecule has 0 bridgehead atoms. The predicted octanol–water partition coefficient (Wildman–Crippen LogP) is 4.18. The molecule has 1 saturated heterocycles. The molecule has 152 valence electrons. The molecule has 1 N–H and O–H groups in total. The summed E-state index contributed by atoms with van der Waals surface area (Å²) >= 11 is 6.05. The lowest BCUT2D eigenvalue weighted by Crippen LogP contribution is -2.33. The maximum absolute atomic E-state index is 12.8. The van der Waals surface area contributed by atoms with Crippen LogP contribution >= 0.6 is 24.0 Å². The van der Waals surface area contributed by atoms with Crippen LogP contribution in [0.25, 0.3) is 16.9 Å². The first-order valence-electron chi connectivity index (χ1n) is 9.47. The molecule has 2 heterocycles. The van der Waals surface area contributed by atoms with Crippen LogP contribution < -0.4 is 5.32 Å². The lowest BCUT2D eigenvalue weighted by molar-refractivity contribution is -0.134. The average molecular weight is 431 g/mol. The fraction of sp³-hybridized carbons (Fsp3) is 0.273. The summed E-state index contributed by atoms with van der Waals surface area (Å²) in [6, 6.07) is 17.6. The summed E-state index contributed by atoms with van der Waals surface area (Å²) in [5.74, 6) is 0.243. The zero-order valence-electron chi connectivity index (χ0n) is 16.2. The van der Waals surface area contributed by atoms with E-state index in [1.165, 1.54) is 0 Å². The number of carbonyl (C=O) groups excluding carboxylic acids is 1. The zero-order valence-corrected chi connectivity index (χ0v) is 17.8. The van der Waals surface area contributed by atoms with Gasteiger partial charge in [-0.1, -0.05) is 41.9 Å². The van der Waals surface area contributed by atoms with E-state index in [1.807, 2.05) is 77.4 Å². The minimum absolute atomic E-state index is 0. The first-order chi connectivity index (χ1) is 13.6. The maximum Gasteiger partial charge on any atom is 0.227 e. The molecule has 1 fully saturated rings. The Morgan fingerprint density at radius 3 is 2.59 bits per heavy atom. The van der Waals surface area contributed by atoms with Crippen LogP contribution in [-0.4, -0.2) is 40.7 Å². The Bertz CT molecular complexity index is 951. The molecule has 1 aromatic heterocycles. The highest BCUT2D eigenvalue weighted by Crippen LogP contribution is 2.26. The third-order valence-corrected chi connectivity index (χ3v) is 5.37. The van der Waals surface area contributed by atoms with Crippen molar-refractivity contribution in [2.24, 2.45) is 5.92 Å². The number of nitrogens with one attached hydrogen (secondary N) is 1. The fourth-order valence-corrected chi connectivity index (χ4v) is 3.73. The van der Waals surface area contributed by atoms with E-state index in [0.29, 0.717) is 11.6 Å². The minimum Gasteiger partial charge on any atom is -0.341 e. The van der Waals surface area contributed by atoms with Crippen LogP contribution in [0.15, 0.2) is 60.8 Å². The van der Waals surface area contributed by atoms with Crippen LogP contribution in [0.5, 0.6) is 0 Å². The molecule has 1 aliphatic heterocycles. The Hall–Kier alpha value is -2.34. The first-order valence-corrected chi connectivity index (χ1v) is 9.85. The first kappa shape index (κ1) is 21.4. The third kappa shape index (κ3) is 4.81. The van der Waals surface area contributed by atoms with Crippen LogP contribution in [0, 0.1) is 5.92 Å². The second kappa shape index (κ2) is 9.44. The summed E-state index contributed by atoms with van der Waals surface area (Å²) in [4.78, 5) is 14.6. The lowest BCUT2D eigenvalue weighted by Gasteiger charge is -2.20. The van der Waals surface area contributed by atoms with Gasteiger partial charge in [0.25, 0.3) is 0 Å². The Labute approximate surface area is 182 Å². The molecule has 1 atom stereocenters. The Morgan fingerprint density at radius 2 is 1.93 bits per heavy atom. The monoisotopic (exact) mass is 430 g/mol. The van der Waals surface area contributed by atoms with Gasteiger partial charge in [0.2, 0.25) is 5.91 Å². The third-order valence-electron chi connectivity index (χ3n) is 5.12. The van der Waals surface area contributed by atoms with Crippen LogP contribution in [-0.2, 0) is 11.3 Å². The number of aromatic nitrogens is 2. The van der Waals surface area contributed by atoms with E-state index in [-0.39, 0.29) is 24.2 Å². The van der Waals surface area contributed by atoms with Crippen molar-refractivity contribution >= 4 is 29.9 Å². The molecule has 1 unspecified atom stereocenters. The Balaban J connectivity index is 0.00000240. The van der Waals surface area contributed by atoms with Crippen LogP contribution in [0.4, 0.5) is 0 Å². The molecule has 0 spiro atoms. The quantitative estimate of drug-likeness (QED) is 0.660. The molecule has 29 heavy (non-hydrogen) atoms. The maximum atomic E-state index is 12.8. The molecule has 0 saturated carbocycles. The number of hydrogen-bond donors (Lipinski definition) is 1. The van der Waals surface area contributed by atoms with Crippen LogP contribution in [0.2, 0.25) is 5.02 Å². The van der Waals surface area contributed by atoms with Gasteiger partial charge in [-0.15, -0.1) is 12.4 Å². The zero-order chi connectivity index (χ0) is 19.5. The van der Waals surface area contributed by atoms with Gasteiger partial charge in [-0.2, -0.15) is 5.10 Å². The van der Waals surface area contributed by atoms with E-state index >= 15 is 0 Å². The van der Waals surface area contributed by atoms with E-state index in [1.54, 1.807) is 0 Å². The molecule has 0 aliphatic carbocycles. The molecule has 2 aromatic carbocycles. The number of para-hydroxylation sites is 1. The molecular weight excluding hydrogens is 407 g/mol. The largest absolute Gasteiger partial charge is 0.341 e. The normalized spacial score (nSPS) is 15.7. The number of halogens is 2. The van der Waals surface area contributed by atoms with Gasteiger partial charge < -0.3 is 10.2 Å². The summed E-state index contributed by atoms with van der Waals surface area (Å²) in [5.41, 5.74) is 3.84. The number of rotatable bonds is 5. The molecule has 0 radical (unpaired) electrons. The van der Waals surface area contributed by atoms with Crippen LogP contribution in [0.1, 0.15) is 12.0 Å². The van der Waals surface area contributed by atoms with Crippen molar-refractivity contribution in [2.45, 2.75) is 13.0 Å².